The maximum absolute atomic E-state index is 10.0. The van der Waals surface area contributed by atoms with E-state index in [2.05, 4.69) is 15.5 Å². The van der Waals surface area contributed by atoms with Crippen LogP contribution in [0.1, 0.15) is 0 Å². The van der Waals surface area contributed by atoms with Crippen molar-refractivity contribution in [2.24, 2.45) is 10.2 Å². The predicted octanol–water partition coefficient (Wildman–Crippen LogP) is 1.31. The number of anilines is 1. The molecule has 0 amide bonds. The molecule has 26 heavy (non-hydrogen) atoms. The number of ether oxygens (including phenoxy) is 1. The molecular formula is C18H21N3O5. The molecule has 2 aromatic carbocycles. The van der Waals surface area contributed by atoms with Gasteiger partial charge in [-0.1, -0.05) is 18.2 Å². The molecule has 1 aliphatic heterocycles. The van der Waals surface area contributed by atoms with E-state index in [0.29, 0.717) is 11.4 Å². The SMILES string of the molecule is OC[C@@H]1O[C@H](Nc2ccc(N=Nc3ccccc3)cc2)[C@@H](O)[C@H](O)[C@@H]1O. The molecule has 0 radical (unpaired) electrons. The zero-order valence-corrected chi connectivity index (χ0v) is 13.9. The standard InChI is InChI=1S/C18H21N3O5/c22-10-14-15(23)16(24)17(25)18(26-14)19-11-6-8-13(9-7-11)21-20-12-4-2-1-3-5-12/h1-9,14-19,22-25H,10H2/t14-,15+,16+,17-,18-/m0/s1. The summed E-state index contributed by atoms with van der Waals surface area (Å²) in [4.78, 5) is 0. The zero-order valence-electron chi connectivity index (χ0n) is 13.9. The third kappa shape index (κ3) is 4.24. The first kappa shape index (κ1) is 18.4. The second-order valence-corrected chi connectivity index (χ2v) is 5.98. The second kappa shape index (κ2) is 8.35. The monoisotopic (exact) mass is 359 g/mol. The number of benzene rings is 2. The summed E-state index contributed by atoms with van der Waals surface area (Å²) in [7, 11) is 0. The summed E-state index contributed by atoms with van der Waals surface area (Å²) < 4.78 is 5.41. The van der Waals surface area contributed by atoms with E-state index in [-0.39, 0.29) is 0 Å². The molecule has 8 heteroatoms. The first-order valence-corrected chi connectivity index (χ1v) is 8.22. The van der Waals surface area contributed by atoms with Crippen LogP contribution in [0.15, 0.2) is 64.8 Å². The van der Waals surface area contributed by atoms with E-state index in [4.69, 9.17) is 4.74 Å². The Bertz CT molecular complexity index is 723. The number of rotatable bonds is 5. The van der Waals surface area contributed by atoms with E-state index in [1.54, 1.807) is 24.3 Å². The van der Waals surface area contributed by atoms with Crippen molar-refractivity contribution < 1.29 is 25.2 Å². The molecule has 0 aliphatic carbocycles. The Hall–Kier alpha value is -2.36. The van der Waals surface area contributed by atoms with Gasteiger partial charge in [-0.25, -0.2) is 0 Å². The average molecular weight is 359 g/mol. The minimum absolute atomic E-state index is 0.470. The van der Waals surface area contributed by atoms with Crippen molar-refractivity contribution in [1.29, 1.82) is 0 Å². The van der Waals surface area contributed by atoms with Gasteiger partial charge in [-0.2, -0.15) is 10.2 Å². The highest BCUT2D eigenvalue weighted by molar-refractivity contribution is 5.51. The van der Waals surface area contributed by atoms with Crippen molar-refractivity contribution >= 4 is 17.1 Å². The molecular weight excluding hydrogens is 338 g/mol. The van der Waals surface area contributed by atoms with Gasteiger partial charge < -0.3 is 30.5 Å². The van der Waals surface area contributed by atoms with Gasteiger partial charge in [-0.15, -0.1) is 0 Å². The molecule has 8 nitrogen and oxygen atoms in total. The fourth-order valence-corrected chi connectivity index (χ4v) is 2.62. The highest BCUT2D eigenvalue weighted by atomic mass is 16.6. The summed E-state index contributed by atoms with van der Waals surface area (Å²) in [5.74, 6) is 0. The molecule has 1 aliphatic rings. The van der Waals surface area contributed by atoms with Crippen LogP contribution in [0.3, 0.4) is 0 Å². The first-order valence-electron chi connectivity index (χ1n) is 8.22. The molecule has 0 aromatic heterocycles. The number of aliphatic hydroxyl groups excluding tert-OH is 4. The molecule has 0 spiro atoms. The summed E-state index contributed by atoms with van der Waals surface area (Å²) >= 11 is 0. The first-order chi connectivity index (χ1) is 12.6. The molecule has 138 valence electrons. The summed E-state index contributed by atoms with van der Waals surface area (Å²) in [6.45, 7) is -0.470. The zero-order chi connectivity index (χ0) is 18.5. The van der Waals surface area contributed by atoms with E-state index in [0.717, 1.165) is 5.69 Å². The Morgan fingerprint density at radius 2 is 1.42 bits per heavy atom. The summed E-state index contributed by atoms with van der Waals surface area (Å²) in [5.41, 5.74) is 2.01. The molecule has 1 fully saturated rings. The Morgan fingerprint density at radius 1 is 0.808 bits per heavy atom. The van der Waals surface area contributed by atoms with Crippen LogP contribution in [-0.2, 0) is 4.74 Å². The van der Waals surface area contributed by atoms with Crippen LogP contribution in [0, 0.1) is 0 Å². The van der Waals surface area contributed by atoms with Gasteiger partial charge >= 0.3 is 0 Å². The van der Waals surface area contributed by atoms with Crippen molar-refractivity contribution in [2.45, 2.75) is 30.6 Å². The van der Waals surface area contributed by atoms with Gasteiger partial charge in [0.05, 0.1) is 18.0 Å². The molecule has 1 heterocycles. The van der Waals surface area contributed by atoms with Crippen LogP contribution in [0.5, 0.6) is 0 Å². The number of nitrogens with zero attached hydrogens (tertiary/aromatic N) is 2. The van der Waals surface area contributed by atoms with Crippen LogP contribution in [-0.4, -0.2) is 57.7 Å². The summed E-state index contributed by atoms with van der Waals surface area (Å²) in [5, 5.41) is 50.0. The lowest BCUT2D eigenvalue weighted by Gasteiger charge is -2.40. The molecule has 0 bridgehead atoms. The lowest BCUT2D eigenvalue weighted by Crippen LogP contribution is -2.60. The lowest BCUT2D eigenvalue weighted by molar-refractivity contribution is -0.221. The molecule has 2 aromatic rings. The maximum Gasteiger partial charge on any atom is 0.157 e. The Morgan fingerprint density at radius 3 is 2.04 bits per heavy atom. The van der Waals surface area contributed by atoms with E-state index in [1.165, 1.54) is 0 Å². The largest absolute Gasteiger partial charge is 0.394 e. The van der Waals surface area contributed by atoms with Gasteiger partial charge in [-0.3, -0.25) is 0 Å². The molecule has 1 saturated heterocycles. The van der Waals surface area contributed by atoms with E-state index >= 15 is 0 Å². The molecule has 0 unspecified atom stereocenters. The van der Waals surface area contributed by atoms with Gasteiger partial charge in [0, 0.05) is 5.69 Å². The molecule has 0 saturated carbocycles. The van der Waals surface area contributed by atoms with E-state index in [1.807, 2.05) is 30.3 Å². The van der Waals surface area contributed by atoms with Crippen LogP contribution in [0.25, 0.3) is 0 Å². The normalized spacial score (nSPS) is 29.0. The summed E-state index contributed by atoms with van der Waals surface area (Å²) in [6, 6.07) is 16.3. The summed E-state index contributed by atoms with van der Waals surface area (Å²) in [6.07, 6.45) is -6.07. The van der Waals surface area contributed by atoms with E-state index < -0.39 is 37.3 Å². The Kier molecular flexibility index (Phi) is 5.92. The quantitative estimate of drug-likeness (QED) is 0.512. The molecule has 5 atom stereocenters. The Labute approximate surface area is 150 Å². The van der Waals surface area contributed by atoms with Gasteiger partial charge in [0.15, 0.2) is 6.23 Å². The van der Waals surface area contributed by atoms with Crippen molar-refractivity contribution in [2.75, 3.05) is 11.9 Å². The van der Waals surface area contributed by atoms with Crippen LogP contribution in [0.2, 0.25) is 0 Å². The van der Waals surface area contributed by atoms with Gasteiger partial charge in [-0.05, 0) is 36.4 Å². The van der Waals surface area contributed by atoms with Crippen molar-refractivity contribution in [3.63, 3.8) is 0 Å². The number of azo groups is 1. The molecule has 3 rings (SSSR count). The predicted molar refractivity (Wildman–Crippen MR) is 94.4 cm³/mol. The van der Waals surface area contributed by atoms with Gasteiger partial charge in [0.25, 0.3) is 0 Å². The van der Waals surface area contributed by atoms with Gasteiger partial charge in [0.2, 0.25) is 0 Å². The van der Waals surface area contributed by atoms with Crippen molar-refractivity contribution in [3.8, 4) is 0 Å². The minimum Gasteiger partial charge on any atom is -0.394 e. The van der Waals surface area contributed by atoms with Crippen molar-refractivity contribution in [1.82, 2.24) is 0 Å². The van der Waals surface area contributed by atoms with Crippen LogP contribution < -0.4 is 5.32 Å². The maximum atomic E-state index is 10.0. The second-order valence-electron chi connectivity index (χ2n) is 5.98. The minimum atomic E-state index is -1.42. The topological polar surface area (TPSA) is 127 Å². The highest BCUT2D eigenvalue weighted by Crippen LogP contribution is 2.25. The van der Waals surface area contributed by atoms with Crippen LogP contribution in [0.4, 0.5) is 17.1 Å². The van der Waals surface area contributed by atoms with E-state index in [9.17, 15) is 20.4 Å². The van der Waals surface area contributed by atoms with Crippen molar-refractivity contribution in [3.05, 3.63) is 54.6 Å². The third-order valence-corrected chi connectivity index (χ3v) is 4.11. The van der Waals surface area contributed by atoms with Gasteiger partial charge in [0.1, 0.15) is 24.4 Å². The fourth-order valence-electron chi connectivity index (χ4n) is 2.62. The smallest absolute Gasteiger partial charge is 0.157 e. The fraction of sp³-hybridized carbons (Fsp3) is 0.333. The Balaban J connectivity index is 1.64. The highest BCUT2D eigenvalue weighted by Gasteiger charge is 2.43. The van der Waals surface area contributed by atoms with Crippen LogP contribution >= 0.6 is 0 Å². The number of nitrogens with one attached hydrogen (secondary N) is 1. The number of hydrogen-bond acceptors (Lipinski definition) is 8. The lowest BCUT2D eigenvalue weighted by atomic mass is 9.98. The average Bonchev–Trinajstić information content (AvgIpc) is 2.68. The number of hydrogen-bond donors (Lipinski definition) is 5. The number of aliphatic hydroxyl groups is 4. The molecule has 5 N–H and O–H groups in total. The third-order valence-electron chi connectivity index (χ3n) is 4.11.